The van der Waals surface area contributed by atoms with Crippen LogP contribution in [0.2, 0.25) is 0 Å². The Kier molecular flexibility index (Phi) is 6.00. The molecule has 2 fully saturated rings. The number of nitrogens with zero attached hydrogens (tertiary/aromatic N) is 1. The first-order chi connectivity index (χ1) is 22.1. The van der Waals surface area contributed by atoms with Crippen molar-refractivity contribution in [2.45, 2.75) is 10.8 Å². The van der Waals surface area contributed by atoms with Crippen molar-refractivity contribution in [3.63, 3.8) is 0 Å². The molecule has 2 bridgehead atoms. The van der Waals surface area contributed by atoms with Crippen molar-refractivity contribution in [2.24, 2.45) is 11.8 Å². The lowest BCUT2D eigenvalue weighted by Gasteiger charge is -2.39. The highest BCUT2D eigenvalue weighted by atomic mass is 16.5. The Hall–Kier alpha value is -5.55. The first-order valence-corrected chi connectivity index (χ1v) is 15.1. The minimum Gasteiger partial charge on any atom is -0.497 e. The van der Waals surface area contributed by atoms with Crippen LogP contribution in [0, 0.1) is 11.8 Å². The number of anilines is 1. The van der Waals surface area contributed by atoms with Crippen molar-refractivity contribution >= 4 is 34.4 Å². The lowest BCUT2D eigenvalue weighted by Crippen LogP contribution is -2.45. The third-order valence-electron chi connectivity index (χ3n) is 9.89. The summed E-state index contributed by atoms with van der Waals surface area (Å²) in [5.41, 5.74) is 2.27. The van der Waals surface area contributed by atoms with E-state index in [-0.39, 0.29) is 17.6 Å². The van der Waals surface area contributed by atoms with E-state index >= 15 is 4.79 Å². The third-order valence-corrected chi connectivity index (χ3v) is 9.89. The van der Waals surface area contributed by atoms with E-state index in [2.05, 4.69) is 0 Å². The van der Waals surface area contributed by atoms with Crippen LogP contribution in [0.15, 0.2) is 146 Å². The number of allylic oxidation sites excluding steroid dienone is 2. The molecular weight excluding hydrogens is 558 g/mol. The number of hydrogen-bond acceptors (Lipinski definition) is 4. The number of fused-ring (bicyclic) bond motifs is 5. The van der Waals surface area contributed by atoms with Gasteiger partial charge >= 0.3 is 0 Å². The van der Waals surface area contributed by atoms with Gasteiger partial charge in [-0.05, 0) is 45.5 Å². The van der Waals surface area contributed by atoms with Crippen molar-refractivity contribution in [2.75, 3.05) is 12.0 Å². The maximum Gasteiger partial charge on any atom is 0.239 e. The second-order valence-electron chi connectivity index (χ2n) is 11.8. The molecule has 5 nitrogen and oxygen atoms in total. The maximum atomic E-state index is 15.8. The van der Waals surface area contributed by atoms with Gasteiger partial charge in [0, 0.05) is 6.07 Å². The smallest absolute Gasteiger partial charge is 0.239 e. The SMILES string of the molecule is COc1cccc(N2C(=O)[C@@H]3[C@H](C2=O)[C@@]2(c4ccccc4)C(=O)[C@@]3(c3ccccc3)C(c3ccccc3)=C2c2ccccc2)c1. The van der Waals surface area contributed by atoms with Crippen molar-refractivity contribution < 1.29 is 19.1 Å². The molecule has 1 saturated carbocycles. The van der Waals surface area contributed by atoms with Crippen LogP contribution in [-0.2, 0) is 25.2 Å². The topological polar surface area (TPSA) is 63.7 Å². The van der Waals surface area contributed by atoms with Gasteiger partial charge in [0.15, 0.2) is 5.78 Å². The van der Waals surface area contributed by atoms with Gasteiger partial charge in [0.25, 0.3) is 0 Å². The summed E-state index contributed by atoms with van der Waals surface area (Å²) >= 11 is 0. The van der Waals surface area contributed by atoms with Crippen LogP contribution in [0.4, 0.5) is 5.69 Å². The summed E-state index contributed by atoms with van der Waals surface area (Å²) in [5.74, 6) is -2.29. The van der Waals surface area contributed by atoms with Crippen molar-refractivity contribution in [3.05, 3.63) is 168 Å². The number of carbonyl (C=O) groups excluding carboxylic acids is 3. The number of rotatable bonds is 6. The van der Waals surface area contributed by atoms with Gasteiger partial charge in [-0.3, -0.25) is 14.4 Å². The second kappa shape index (κ2) is 10.00. The first kappa shape index (κ1) is 27.0. The lowest BCUT2D eigenvalue weighted by atomic mass is 9.59. The van der Waals surface area contributed by atoms with E-state index in [0.717, 1.165) is 22.3 Å². The minimum atomic E-state index is -1.42. The van der Waals surface area contributed by atoms with E-state index in [1.165, 1.54) is 4.90 Å². The Morgan fingerprint density at radius 3 is 1.38 bits per heavy atom. The quantitative estimate of drug-likeness (QED) is 0.203. The molecule has 5 aromatic carbocycles. The number of ketones is 1. The standard InChI is InChI=1S/C40H29NO4/c1-45-31-24-14-23-30(25-31)41-36(42)34-35(37(41)43)40(29-21-12-5-13-22-29)33(27-17-8-3-9-18-27)32(26-15-6-2-7-16-26)39(34,38(40)44)28-19-10-4-11-20-28/h2-25,34-35H,1H3/t34-,35+,39-,40-/m0/s1. The molecule has 0 aromatic heterocycles. The number of ether oxygens (including phenoxy) is 1. The first-order valence-electron chi connectivity index (χ1n) is 15.1. The molecule has 1 aliphatic heterocycles. The molecule has 2 amide bonds. The third kappa shape index (κ3) is 3.41. The van der Waals surface area contributed by atoms with Crippen LogP contribution in [-0.4, -0.2) is 24.7 Å². The predicted molar refractivity (Wildman–Crippen MR) is 173 cm³/mol. The van der Waals surface area contributed by atoms with Crippen molar-refractivity contribution in [3.8, 4) is 5.75 Å². The Morgan fingerprint density at radius 2 is 0.956 bits per heavy atom. The van der Waals surface area contributed by atoms with Crippen molar-refractivity contribution in [1.82, 2.24) is 0 Å². The molecule has 0 spiro atoms. The van der Waals surface area contributed by atoms with Gasteiger partial charge in [0.1, 0.15) is 5.75 Å². The van der Waals surface area contributed by atoms with E-state index in [4.69, 9.17) is 4.74 Å². The number of carbonyl (C=O) groups is 3. The van der Waals surface area contributed by atoms with E-state index in [1.807, 2.05) is 121 Å². The number of Topliss-reactive ketones (excluding diaryl/α,β-unsaturated/α-hetero) is 1. The van der Waals surface area contributed by atoms with Gasteiger partial charge in [-0.15, -0.1) is 0 Å². The van der Waals surface area contributed by atoms with Gasteiger partial charge < -0.3 is 4.74 Å². The fourth-order valence-corrected chi connectivity index (χ4v) is 8.34. The van der Waals surface area contributed by atoms with Gasteiger partial charge in [0.2, 0.25) is 11.8 Å². The molecule has 1 heterocycles. The van der Waals surface area contributed by atoms with Crippen LogP contribution >= 0.6 is 0 Å². The monoisotopic (exact) mass is 587 g/mol. The number of amides is 2. The zero-order chi connectivity index (χ0) is 30.8. The summed E-state index contributed by atoms with van der Waals surface area (Å²) < 4.78 is 5.47. The zero-order valence-electron chi connectivity index (χ0n) is 24.6. The van der Waals surface area contributed by atoms with Crippen molar-refractivity contribution in [1.29, 1.82) is 0 Å². The molecule has 45 heavy (non-hydrogen) atoms. The maximum absolute atomic E-state index is 15.8. The van der Waals surface area contributed by atoms with E-state index in [1.54, 1.807) is 31.4 Å². The summed E-state index contributed by atoms with van der Waals surface area (Å²) in [7, 11) is 1.55. The molecule has 5 heteroatoms. The van der Waals surface area contributed by atoms with Crippen LogP contribution in [0.5, 0.6) is 5.75 Å². The molecule has 1 saturated heterocycles. The zero-order valence-corrected chi connectivity index (χ0v) is 24.6. The number of benzene rings is 5. The van der Waals surface area contributed by atoms with Crippen LogP contribution in [0.1, 0.15) is 22.3 Å². The number of methoxy groups -OCH3 is 1. The average molecular weight is 588 g/mol. The molecule has 5 aromatic rings. The normalized spacial score (nSPS) is 25.2. The lowest BCUT2D eigenvalue weighted by molar-refractivity contribution is -0.130. The molecule has 0 unspecified atom stereocenters. The average Bonchev–Trinajstić information content (AvgIpc) is 3.62. The molecular formula is C40H29NO4. The summed E-state index contributed by atoms with van der Waals surface area (Å²) in [6.07, 6.45) is 0. The van der Waals surface area contributed by atoms with Gasteiger partial charge in [-0.25, -0.2) is 4.90 Å². The molecule has 0 N–H and O–H groups in total. The Labute approximate surface area is 261 Å². The minimum absolute atomic E-state index is 0.132. The summed E-state index contributed by atoms with van der Waals surface area (Å²) in [5, 5.41) is 0. The largest absolute Gasteiger partial charge is 0.497 e. The highest BCUT2D eigenvalue weighted by Crippen LogP contribution is 2.74. The molecule has 8 rings (SSSR count). The van der Waals surface area contributed by atoms with Gasteiger partial charge in [0.05, 0.1) is 35.5 Å². The van der Waals surface area contributed by atoms with Gasteiger partial charge in [-0.1, -0.05) is 127 Å². The summed E-state index contributed by atoms with van der Waals surface area (Å²) in [6, 6.07) is 45.9. The Bertz CT molecular complexity index is 1880. The molecule has 2 aliphatic carbocycles. The summed E-state index contributed by atoms with van der Waals surface area (Å²) in [6.45, 7) is 0. The Morgan fingerprint density at radius 1 is 0.533 bits per heavy atom. The highest BCUT2D eigenvalue weighted by Gasteiger charge is 2.82. The molecule has 4 atom stereocenters. The van der Waals surface area contributed by atoms with E-state index in [0.29, 0.717) is 22.6 Å². The predicted octanol–water partition coefficient (Wildman–Crippen LogP) is 6.88. The van der Waals surface area contributed by atoms with Crippen LogP contribution in [0.3, 0.4) is 0 Å². The second-order valence-corrected chi connectivity index (χ2v) is 11.8. The van der Waals surface area contributed by atoms with Gasteiger partial charge in [-0.2, -0.15) is 0 Å². The van der Waals surface area contributed by atoms with E-state index < -0.39 is 22.7 Å². The number of imide groups is 1. The number of hydrogen-bond donors (Lipinski definition) is 0. The molecule has 3 aliphatic rings. The van der Waals surface area contributed by atoms with E-state index in [9.17, 15) is 9.59 Å². The fraction of sp³-hybridized carbons (Fsp3) is 0.125. The Balaban J connectivity index is 1.54. The molecule has 0 radical (unpaired) electrons. The highest BCUT2D eigenvalue weighted by molar-refractivity contribution is 6.39. The fourth-order valence-electron chi connectivity index (χ4n) is 8.34. The molecule has 218 valence electrons. The summed E-state index contributed by atoms with van der Waals surface area (Å²) in [4.78, 5) is 47.1. The van der Waals surface area contributed by atoms with Crippen LogP contribution < -0.4 is 9.64 Å². The van der Waals surface area contributed by atoms with Crippen LogP contribution in [0.25, 0.3) is 11.1 Å².